The van der Waals surface area contributed by atoms with Crippen molar-refractivity contribution in [2.75, 3.05) is 29.0 Å². The van der Waals surface area contributed by atoms with Crippen molar-refractivity contribution in [1.82, 2.24) is 9.97 Å². The first-order valence-electron chi connectivity index (χ1n) is 8.97. The lowest BCUT2D eigenvalue weighted by Gasteiger charge is -2.33. The van der Waals surface area contributed by atoms with Gasteiger partial charge in [0, 0.05) is 30.2 Å². The zero-order chi connectivity index (χ0) is 18.8. The van der Waals surface area contributed by atoms with E-state index in [0.29, 0.717) is 23.4 Å². The second-order valence-corrected chi connectivity index (χ2v) is 6.71. The average molecular weight is 363 g/mol. The predicted molar refractivity (Wildman–Crippen MR) is 106 cm³/mol. The molecule has 2 aromatic carbocycles. The number of piperidine rings is 1. The number of aromatic nitrogens is 2. The fraction of sp³-hybridized carbons (Fsp3) is 0.250. The number of aromatic carboxylic acids is 1. The molecule has 2 heterocycles. The number of carboxylic acids is 1. The average Bonchev–Trinajstić information content (AvgIpc) is 2.69. The highest BCUT2D eigenvalue weighted by atomic mass is 16.4. The van der Waals surface area contributed by atoms with Gasteiger partial charge in [-0.1, -0.05) is 12.1 Å². The Labute approximate surface area is 156 Å². The summed E-state index contributed by atoms with van der Waals surface area (Å²) in [4.78, 5) is 22.2. The standard InChI is InChI=1S/C20H21N5O2/c21-18-16-3-1-2-4-17(16)23-20(24-18)25-11-9-15(10-12-25)22-14-7-5-13(6-8-14)19(26)27/h1-8,15,22H,9-12H2,(H,26,27)(H2,21,23,24). The van der Waals surface area contributed by atoms with E-state index >= 15 is 0 Å². The van der Waals surface area contributed by atoms with E-state index < -0.39 is 5.97 Å². The topological polar surface area (TPSA) is 104 Å². The van der Waals surface area contributed by atoms with Crippen molar-refractivity contribution in [2.24, 2.45) is 0 Å². The minimum Gasteiger partial charge on any atom is -0.478 e. The molecule has 0 amide bonds. The first-order valence-corrected chi connectivity index (χ1v) is 8.97. The van der Waals surface area contributed by atoms with Crippen molar-refractivity contribution >= 4 is 34.3 Å². The molecule has 4 rings (SSSR count). The second kappa shape index (κ2) is 7.11. The molecule has 0 radical (unpaired) electrons. The van der Waals surface area contributed by atoms with Gasteiger partial charge in [0.1, 0.15) is 5.82 Å². The van der Waals surface area contributed by atoms with Gasteiger partial charge in [0.05, 0.1) is 11.1 Å². The molecule has 4 N–H and O–H groups in total. The summed E-state index contributed by atoms with van der Waals surface area (Å²) >= 11 is 0. The van der Waals surface area contributed by atoms with Crippen molar-refractivity contribution in [3.05, 3.63) is 54.1 Å². The van der Waals surface area contributed by atoms with Crippen LogP contribution in [0.4, 0.5) is 17.5 Å². The Kier molecular flexibility index (Phi) is 4.50. The van der Waals surface area contributed by atoms with E-state index in [1.54, 1.807) is 12.1 Å². The number of nitrogens with zero attached hydrogens (tertiary/aromatic N) is 3. The second-order valence-electron chi connectivity index (χ2n) is 6.71. The molecule has 27 heavy (non-hydrogen) atoms. The maximum atomic E-state index is 10.9. The number of hydrogen-bond acceptors (Lipinski definition) is 6. The number of benzene rings is 2. The number of carbonyl (C=O) groups is 1. The molecule has 0 saturated carbocycles. The van der Waals surface area contributed by atoms with Crippen molar-refractivity contribution in [3.63, 3.8) is 0 Å². The third kappa shape index (κ3) is 3.62. The van der Waals surface area contributed by atoms with Crippen LogP contribution in [-0.2, 0) is 0 Å². The quantitative estimate of drug-likeness (QED) is 0.654. The van der Waals surface area contributed by atoms with Crippen LogP contribution >= 0.6 is 0 Å². The highest BCUT2D eigenvalue weighted by Crippen LogP contribution is 2.24. The SMILES string of the molecule is Nc1nc(N2CCC(Nc3ccc(C(=O)O)cc3)CC2)nc2ccccc12. The molecular weight excluding hydrogens is 342 g/mol. The highest BCUT2D eigenvalue weighted by Gasteiger charge is 2.21. The molecule has 0 aliphatic carbocycles. The largest absolute Gasteiger partial charge is 0.478 e. The summed E-state index contributed by atoms with van der Waals surface area (Å²) in [7, 11) is 0. The summed E-state index contributed by atoms with van der Waals surface area (Å²) in [6.45, 7) is 1.67. The van der Waals surface area contributed by atoms with Crippen LogP contribution in [0.25, 0.3) is 10.9 Å². The van der Waals surface area contributed by atoms with Gasteiger partial charge in [-0.3, -0.25) is 0 Å². The fourth-order valence-corrected chi connectivity index (χ4v) is 3.40. The van der Waals surface area contributed by atoms with Crippen LogP contribution in [0, 0.1) is 0 Å². The number of nitrogens with two attached hydrogens (primary N) is 1. The molecule has 1 aromatic heterocycles. The van der Waals surface area contributed by atoms with E-state index in [9.17, 15) is 4.79 Å². The lowest BCUT2D eigenvalue weighted by atomic mass is 10.0. The van der Waals surface area contributed by atoms with Crippen LogP contribution in [0.5, 0.6) is 0 Å². The smallest absolute Gasteiger partial charge is 0.335 e. The maximum Gasteiger partial charge on any atom is 0.335 e. The van der Waals surface area contributed by atoms with Crippen LogP contribution in [-0.4, -0.2) is 40.2 Å². The van der Waals surface area contributed by atoms with Crippen LogP contribution in [0.2, 0.25) is 0 Å². The maximum absolute atomic E-state index is 10.9. The van der Waals surface area contributed by atoms with E-state index in [-0.39, 0.29) is 0 Å². The zero-order valence-corrected chi connectivity index (χ0v) is 14.8. The van der Waals surface area contributed by atoms with E-state index in [4.69, 9.17) is 10.8 Å². The van der Waals surface area contributed by atoms with Crippen molar-refractivity contribution in [2.45, 2.75) is 18.9 Å². The number of nitrogen functional groups attached to an aromatic ring is 1. The molecule has 0 atom stereocenters. The minimum atomic E-state index is -0.912. The fourth-order valence-electron chi connectivity index (χ4n) is 3.40. The number of hydrogen-bond donors (Lipinski definition) is 3. The van der Waals surface area contributed by atoms with Crippen LogP contribution in [0.3, 0.4) is 0 Å². The first-order chi connectivity index (χ1) is 13.1. The van der Waals surface area contributed by atoms with Gasteiger partial charge < -0.3 is 21.1 Å². The molecule has 0 bridgehead atoms. The van der Waals surface area contributed by atoms with E-state index in [0.717, 1.165) is 42.5 Å². The lowest BCUT2D eigenvalue weighted by molar-refractivity contribution is 0.0697. The van der Waals surface area contributed by atoms with Gasteiger partial charge in [-0.05, 0) is 49.2 Å². The molecule has 0 unspecified atom stereocenters. The molecule has 1 saturated heterocycles. The van der Waals surface area contributed by atoms with Gasteiger partial charge in [-0.15, -0.1) is 0 Å². The number of nitrogens with one attached hydrogen (secondary N) is 1. The molecule has 1 aliphatic heterocycles. The summed E-state index contributed by atoms with van der Waals surface area (Å²) in [6, 6.07) is 14.9. The third-order valence-corrected chi connectivity index (χ3v) is 4.90. The molecule has 1 aliphatic rings. The van der Waals surface area contributed by atoms with Crippen molar-refractivity contribution in [3.8, 4) is 0 Å². The van der Waals surface area contributed by atoms with Gasteiger partial charge in [0.2, 0.25) is 5.95 Å². The van der Waals surface area contributed by atoms with Crippen LogP contribution < -0.4 is 16.0 Å². The lowest BCUT2D eigenvalue weighted by Crippen LogP contribution is -2.40. The number of para-hydroxylation sites is 1. The Morgan fingerprint density at radius 1 is 1.07 bits per heavy atom. The molecule has 3 aromatic rings. The Bertz CT molecular complexity index is 966. The van der Waals surface area contributed by atoms with Crippen LogP contribution in [0.15, 0.2) is 48.5 Å². The monoisotopic (exact) mass is 363 g/mol. The number of rotatable bonds is 4. The van der Waals surface area contributed by atoms with Gasteiger partial charge >= 0.3 is 5.97 Å². The summed E-state index contributed by atoms with van der Waals surface area (Å²) in [5.74, 6) is 0.273. The summed E-state index contributed by atoms with van der Waals surface area (Å²) < 4.78 is 0. The summed E-state index contributed by atoms with van der Waals surface area (Å²) in [5, 5.41) is 13.3. The number of carboxylic acid groups (broad SMARTS) is 1. The van der Waals surface area contributed by atoms with Gasteiger partial charge in [-0.2, -0.15) is 4.98 Å². The molecule has 1 fully saturated rings. The Morgan fingerprint density at radius 3 is 2.48 bits per heavy atom. The van der Waals surface area contributed by atoms with Gasteiger partial charge in [-0.25, -0.2) is 9.78 Å². The van der Waals surface area contributed by atoms with Crippen molar-refractivity contribution in [1.29, 1.82) is 0 Å². The number of anilines is 3. The Hall–Kier alpha value is -3.35. The third-order valence-electron chi connectivity index (χ3n) is 4.90. The van der Waals surface area contributed by atoms with Gasteiger partial charge in [0.15, 0.2) is 0 Å². The molecule has 138 valence electrons. The predicted octanol–water partition coefficient (Wildman–Crippen LogP) is 2.99. The molecule has 7 nitrogen and oxygen atoms in total. The number of fused-ring (bicyclic) bond motifs is 1. The van der Waals surface area contributed by atoms with Crippen molar-refractivity contribution < 1.29 is 9.90 Å². The molecule has 0 spiro atoms. The van der Waals surface area contributed by atoms with Crippen LogP contribution in [0.1, 0.15) is 23.2 Å². The summed E-state index contributed by atoms with van der Waals surface area (Å²) in [5.41, 5.74) is 8.18. The van der Waals surface area contributed by atoms with E-state index in [1.807, 2.05) is 36.4 Å². The van der Waals surface area contributed by atoms with E-state index in [1.165, 1.54) is 0 Å². The Balaban J connectivity index is 1.41. The normalized spacial score (nSPS) is 15.0. The molecule has 7 heteroatoms. The van der Waals surface area contributed by atoms with Gasteiger partial charge in [0.25, 0.3) is 0 Å². The Morgan fingerprint density at radius 2 is 1.78 bits per heavy atom. The van der Waals surface area contributed by atoms with E-state index in [2.05, 4.69) is 20.2 Å². The highest BCUT2D eigenvalue weighted by molar-refractivity contribution is 5.89. The molecular formula is C20H21N5O2. The first kappa shape index (κ1) is 17.1. The summed E-state index contributed by atoms with van der Waals surface area (Å²) in [6.07, 6.45) is 1.88. The minimum absolute atomic E-state index is 0.293. The zero-order valence-electron chi connectivity index (χ0n) is 14.8.